The van der Waals surface area contributed by atoms with Gasteiger partial charge in [0.1, 0.15) is 16.4 Å². The molecule has 4 N–H and O–H groups in total. The molecular weight excluding hydrogens is 288 g/mol. The number of nitrogens with zero attached hydrogens (tertiary/aromatic N) is 1. The van der Waals surface area contributed by atoms with Gasteiger partial charge in [-0.25, -0.2) is 0 Å². The quantitative estimate of drug-likeness (QED) is 0.645. The Hall–Kier alpha value is -2.67. The van der Waals surface area contributed by atoms with Crippen LogP contribution >= 0.6 is 12.2 Å². The number of hydrogen-bond acceptors (Lipinski definition) is 4. The summed E-state index contributed by atoms with van der Waals surface area (Å²) in [6, 6.07) is 7.40. The van der Waals surface area contributed by atoms with Crippen LogP contribution in [0, 0.1) is 6.92 Å². The number of thiocarbonyl (C=S) groups is 1. The van der Waals surface area contributed by atoms with Crippen LogP contribution in [0.2, 0.25) is 0 Å². The number of nitrogens with one attached hydrogen (secondary N) is 2. The zero-order valence-electron chi connectivity index (χ0n) is 11.1. The van der Waals surface area contributed by atoms with Crippen molar-refractivity contribution in [2.24, 2.45) is 5.73 Å². The van der Waals surface area contributed by atoms with E-state index < -0.39 is 5.91 Å². The Kier molecular flexibility index (Phi) is 3.19. The summed E-state index contributed by atoms with van der Waals surface area (Å²) >= 11 is 4.88. The maximum absolute atomic E-state index is 12.2. The van der Waals surface area contributed by atoms with Gasteiger partial charge in [-0.15, -0.1) is 0 Å². The van der Waals surface area contributed by atoms with E-state index in [1.165, 1.54) is 6.20 Å². The van der Waals surface area contributed by atoms with Gasteiger partial charge in [0.15, 0.2) is 5.76 Å². The number of aromatic nitrogens is 2. The van der Waals surface area contributed by atoms with Crippen LogP contribution in [0.25, 0.3) is 11.0 Å². The lowest BCUT2D eigenvalue weighted by molar-refractivity contribution is 0.0998. The number of rotatable bonds is 3. The Balaban J connectivity index is 1.90. The topological polar surface area (TPSA) is 96.9 Å². The van der Waals surface area contributed by atoms with E-state index in [9.17, 15) is 4.79 Å². The second kappa shape index (κ2) is 5.02. The molecule has 0 bridgehead atoms. The van der Waals surface area contributed by atoms with Crippen LogP contribution in [-0.2, 0) is 0 Å². The van der Waals surface area contributed by atoms with Gasteiger partial charge in [0.25, 0.3) is 5.91 Å². The van der Waals surface area contributed by atoms with E-state index in [0.29, 0.717) is 17.0 Å². The summed E-state index contributed by atoms with van der Waals surface area (Å²) in [6.45, 7) is 1.98. The van der Waals surface area contributed by atoms with Gasteiger partial charge in [-0.1, -0.05) is 23.8 Å². The maximum atomic E-state index is 12.2. The highest BCUT2D eigenvalue weighted by molar-refractivity contribution is 7.80. The molecule has 2 heterocycles. The van der Waals surface area contributed by atoms with Crippen molar-refractivity contribution in [1.29, 1.82) is 0 Å². The zero-order valence-corrected chi connectivity index (χ0v) is 12.0. The van der Waals surface area contributed by atoms with Crippen LogP contribution in [0.3, 0.4) is 0 Å². The standard InChI is InChI=1S/C14H12N4O2S/c1-7-2-3-10-8(4-7)5-11(20-10)14(19)17-13-9(12(15)21)6-16-18-13/h2-6H,1H3,(H2,15,21)(H2,16,17,18,19). The molecule has 1 amide bonds. The van der Waals surface area contributed by atoms with E-state index in [1.807, 2.05) is 25.1 Å². The summed E-state index contributed by atoms with van der Waals surface area (Å²) in [5, 5.41) is 9.97. The van der Waals surface area contributed by atoms with Crippen LogP contribution in [-0.4, -0.2) is 21.1 Å². The fourth-order valence-electron chi connectivity index (χ4n) is 2.02. The minimum absolute atomic E-state index is 0.152. The molecule has 3 aromatic rings. The van der Waals surface area contributed by atoms with Crippen molar-refractivity contribution >= 4 is 39.9 Å². The van der Waals surface area contributed by atoms with Gasteiger partial charge in [0.05, 0.1) is 11.8 Å². The van der Waals surface area contributed by atoms with Crippen molar-refractivity contribution in [2.45, 2.75) is 6.92 Å². The predicted octanol–water partition coefficient (Wildman–Crippen LogP) is 2.35. The molecule has 0 aliphatic heterocycles. The fraction of sp³-hybridized carbons (Fsp3) is 0.0714. The first kappa shape index (κ1) is 13.3. The van der Waals surface area contributed by atoms with Crippen molar-refractivity contribution in [3.8, 4) is 0 Å². The SMILES string of the molecule is Cc1ccc2oc(C(=O)Nc3[nH]ncc3C(N)=S)cc2c1. The normalized spacial score (nSPS) is 10.7. The summed E-state index contributed by atoms with van der Waals surface area (Å²) < 4.78 is 5.52. The van der Waals surface area contributed by atoms with E-state index >= 15 is 0 Å². The number of hydrogen-bond donors (Lipinski definition) is 3. The number of amides is 1. The lowest BCUT2D eigenvalue weighted by Crippen LogP contribution is -2.16. The molecule has 21 heavy (non-hydrogen) atoms. The number of nitrogens with two attached hydrogens (primary N) is 1. The zero-order chi connectivity index (χ0) is 15.0. The number of carbonyl (C=O) groups is 1. The third kappa shape index (κ3) is 2.50. The van der Waals surface area contributed by atoms with E-state index in [2.05, 4.69) is 15.5 Å². The molecule has 0 spiro atoms. The Bertz CT molecular complexity index is 850. The van der Waals surface area contributed by atoms with Gasteiger partial charge in [-0.3, -0.25) is 9.89 Å². The highest BCUT2D eigenvalue weighted by atomic mass is 32.1. The van der Waals surface area contributed by atoms with Crippen molar-refractivity contribution in [1.82, 2.24) is 10.2 Å². The number of fused-ring (bicyclic) bond motifs is 1. The highest BCUT2D eigenvalue weighted by Crippen LogP contribution is 2.21. The molecule has 0 fully saturated rings. The van der Waals surface area contributed by atoms with E-state index in [4.69, 9.17) is 22.4 Å². The molecule has 106 valence electrons. The number of H-pyrrole nitrogens is 1. The average molecular weight is 300 g/mol. The molecule has 0 atom stereocenters. The molecule has 1 aromatic carbocycles. The fourth-order valence-corrected chi connectivity index (χ4v) is 2.17. The van der Waals surface area contributed by atoms with Gasteiger partial charge in [0.2, 0.25) is 0 Å². The van der Waals surface area contributed by atoms with Gasteiger partial charge in [-0.2, -0.15) is 5.10 Å². The molecule has 2 aromatic heterocycles. The first-order valence-electron chi connectivity index (χ1n) is 6.19. The third-order valence-electron chi connectivity index (χ3n) is 3.04. The van der Waals surface area contributed by atoms with Crippen molar-refractivity contribution in [3.63, 3.8) is 0 Å². The number of aromatic amines is 1. The van der Waals surface area contributed by atoms with Gasteiger partial charge >= 0.3 is 0 Å². The Morgan fingerprint density at radius 1 is 1.43 bits per heavy atom. The van der Waals surface area contributed by atoms with E-state index in [0.717, 1.165) is 10.9 Å². The Morgan fingerprint density at radius 2 is 2.24 bits per heavy atom. The van der Waals surface area contributed by atoms with Crippen molar-refractivity contribution < 1.29 is 9.21 Å². The molecule has 0 unspecified atom stereocenters. The van der Waals surface area contributed by atoms with E-state index in [-0.39, 0.29) is 10.7 Å². The smallest absolute Gasteiger partial charge is 0.292 e. The summed E-state index contributed by atoms with van der Waals surface area (Å²) in [4.78, 5) is 12.4. The van der Waals surface area contributed by atoms with Crippen LogP contribution in [0.4, 0.5) is 5.82 Å². The molecule has 0 radical (unpaired) electrons. The van der Waals surface area contributed by atoms with Gasteiger partial charge in [-0.05, 0) is 25.1 Å². The van der Waals surface area contributed by atoms with Crippen LogP contribution in [0.5, 0.6) is 0 Å². The summed E-state index contributed by atoms with van der Waals surface area (Å²) in [5.74, 6) is 0.161. The van der Waals surface area contributed by atoms with E-state index in [1.54, 1.807) is 6.07 Å². The van der Waals surface area contributed by atoms with Gasteiger partial charge in [0, 0.05) is 5.39 Å². The van der Waals surface area contributed by atoms with Crippen LogP contribution in [0.1, 0.15) is 21.7 Å². The minimum Gasteiger partial charge on any atom is -0.451 e. The first-order chi connectivity index (χ1) is 10.0. The molecule has 6 nitrogen and oxygen atoms in total. The lowest BCUT2D eigenvalue weighted by atomic mass is 10.2. The molecular formula is C14H12N4O2S. The highest BCUT2D eigenvalue weighted by Gasteiger charge is 2.16. The predicted molar refractivity (Wildman–Crippen MR) is 83.4 cm³/mol. The van der Waals surface area contributed by atoms with Crippen LogP contribution < -0.4 is 11.1 Å². The molecule has 3 rings (SSSR count). The van der Waals surface area contributed by atoms with Gasteiger partial charge < -0.3 is 15.5 Å². The number of aryl methyl sites for hydroxylation is 1. The monoisotopic (exact) mass is 300 g/mol. The Labute approximate surface area is 125 Å². The number of anilines is 1. The molecule has 0 aliphatic carbocycles. The summed E-state index contributed by atoms with van der Waals surface area (Å²) in [7, 11) is 0. The average Bonchev–Trinajstić information content (AvgIpc) is 3.04. The maximum Gasteiger partial charge on any atom is 0.292 e. The molecule has 7 heteroatoms. The third-order valence-corrected chi connectivity index (χ3v) is 3.26. The molecule has 0 saturated carbocycles. The molecule has 0 aliphatic rings. The minimum atomic E-state index is -0.398. The molecule has 0 saturated heterocycles. The first-order valence-corrected chi connectivity index (χ1v) is 6.60. The second-order valence-electron chi connectivity index (χ2n) is 4.63. The van der Waals surface area contributed by atoms with Crippen LogP contribution in [0.15, 0.2) is 34.9 Å². The number of carbonyl (C=O) groups excluding carboxylic acids is 1. The van der Waals surface area contributed by atoms with Crippen molar-refractivity contribution in [3.05, 3.63) is 47.3 Å². The Morgan fingerprint density at radius 3 is 3.00 bits per heavy atom. The number of furan rings is 1. The summed E-state index contributed by atoms with van der Waals surface area (Å²) in [5.41, 5.74) is 7.78. The lowest BCUT2D eigenvalue weighted by Gasteiger charge is -2.02. The second-order valence-corrected chi connectivity index (χ2v) is 5.07. The summed E-state index contributed by atoms with van der Waals surface area (Å²) in [6.07, 6.45) is 1.46. The van der Waals surface area contributed by atoms with Crippen molar-refractivity contribution in [2.75, 3.05) is 5.32 Å². The number of benzene rings is 1. The largest absolute Gasteiger partial charge is 0.451 e.